The average Bonchev–Trinajstić information content (AvgIpc) is 3.37. The van der Waals surface area contributed by atoms with Gasteiger partial charge in [0.1, 0.15) is 5.75 Å². The van der Waals surface area contributed by atoms with Gasteiger partial charge in [-0.2, -0.15) is 11.3 Å². The Bertz CT molecular complexity index is 1130. The Kier molecular flexibility index (Phi) is 11.6. The summed E-state index contributed by atoms with van der Waals surface area (Å²) in [6, 6.07) is 8.95. The molecule has 2 aromatic carbocycles. The van der Waals surface area contributed by atoms with Crippen LogP contribution in [0.1, 0.15) is 41.5 Å². The monoisotopic (exact) mass is 561 g/mol. The molecule has 0 saturated carbocycles. The Morgan fingerprint density at radius 1 is 1.19 bits per heavy atom. The minimum Gasteiger partial charge on any atom is -0.494 e. The summed E-state index contributed by atoms with van der Waals surface area (Å²) in [5.41, 5.74) is 2.02. The number of rotatable bonds is 12. The largest absolute Gasteiger partial charge is 0.494 e. The van der Waals surface area contributed by atoms with Crippen molar-refractivity contribution in [3.8, 4) is 5.75 Å². The number of hydrogen-bond acceptors (Lipinski definition) is 4. The molecule has 0 aliphatic rings. The van der Waals surface area contributed by atoms with Crippen molar-refractivity contribution in [1.82, 2.24) is 4.90 Å². The maximum atomic E-state index is 14.2. The molecule has 0 spiro atoms. The first-order chi connectivity index (χ1) is 16.7. The Morgan fingerprint density at radius 2 is 1.94 bits per heavy atom. The second-order valence-electron chi connectivity index (χ2n) is 8.47. The molecule has 4 nitrogen and oxygen atoms in total. The molecule has 0 aliphatic heterocycles. The molecule has 0 radical (unpaired) electrons. The Morgan fingerprint density at radius 3 is 2.61 bits per heavy atom. The molecule has 196 valence electrons. The van der Waals surface area contributed by atoms with Gasteiger partial charge in [0.25, 0.3) is 0 Å². The van der Waals surface area contributed by atoms with E-state index in [0.717, 1.165) is 5.56 Å². The highest BCUT2D eigenvalue weighted by Crippen LogP contribution is 2.30. The predicted molar refractivity (Wildman–Crippen MR) is 139 cm³/mol. The molecule has 3 rings (SSSR count). The van der Waals surface area contributed by atoms with Crippen LogP contribution in [0.5, 0.6) is 5.75 Å². The van der Waals surface area contributed by atoms with Gasteiger partial charge in [-0.15, -0.1) is 12.4 Å². The van der Waals surface area contributed by atoms with Crippen LogP contribution in [0.4, 0.5) is 13.2 Å². The molecular formula is C26H28Cl2F3NO3S. The van der Waals surface area contributed by atoms with E-state index in [2.05, 4.69) is 12.3 Å². The quantitative estimate of drug-likeness (QED) is 0.144. The first-order valence-electron chi connectivity index (χ1n) is 11.2. The summed E-state index contributed by atoms with van der Waals surface area (Å²) in [6.07, 6.45) is 0.513. The zero-order valence-electron chi connectivity index (χ0n) is 19.9. The predicted octanol–water partition coefficient (Wildman–Crippen LogP) is 7.25. The molecule has 36 heavy (non-hydrogen) atoms. The molecule has 0 bridgehead atoms. The molecule has 0 saturated heterocycles. The van der Waals surface area contributed by atoms with Crippen LogP contribution in [0.2, 0.25) is 5.02 Å². The second-order valence-corrected chi connectivity index (χ2v) is 9.63. The summed E-state index contributed by atoms with van der Waals surface area (Å²) in [5.74, 6) is -4.35. The third-order valence-electron chi connectivity index (χ3n) is 5.79. The zero-order valence-corrected chi connectivity index (χ0v) is 22.3. The third kappa shape index (κ3) is 7.87. The molecular weight excluding hydrogens is 534 g/mol. The van der Waals surface area contributed by atoms with Gasteiger partial charge in [0.2, 0.25) is 0 Å². The van der Waals surface area contributed by atoms with Crippen LogP contribution in [0, 0.1) is 24.4 Å². The molecule has 1 aromatic heterocycles. The van der Waals surface area contributed by atoms with Crippen molar-refractivity contribution < 1.29 is 27.8 Å². The third-order valence-corrected chi connectivity index (χ3v) is 6.89. The lowest BCUT2D eigenvalue weighted by Gasteiger charge is -2.27. The first-order valence-corrected chi connectivity index (χ1v) is 12.5. The molecule has 0 aliphatic carbocycles. The highest BCUT2D eigenvalue weighted by Gasteiger charge is 2.23. The lowest BCUT2D eigenvalue weighted by Crippen LogP contribution is -2.30. The normalized spacial score (nSPS) is 11.9. The number of nitrogens with zero attached hydrogens (tertiary/aromatic N) is 1. The lowest BCUT2D eigenvalue weighted by atomic mass is 10.0. The highest BCUT2D eigenvalue weighted by molar-refractivity contribution is 7.08. The number of aliphatic carboxylic acids is 1. The summed E-state index contributed by atoms with van der Waals surface area (Å²) in [6.45, 7) is 5.12. The van der Waals surface area contributed by atoms with Crippen LogP contribution < -0.4 is 4.74 Å². The molecule has 0 amide bonds. The van der Waals surface area contributed by atoms with Gasteiger partial charge in [-0.1, -0.05) is 30.7 Å². The van der Waals surface area contributed by atoms with Crippen molar-refractivity contribution in [2.24, 2.45) is 0 Å². The van der Waals surface area contributed by atoms with Gasteiger partial charge in [-0.3, -0.25) is 9.69 Å². The van der Waals surface area contributed by atoms with Crippen molar-refractivity contribution in [2.45, 2.75) is 39.2 Å². The van der Waals surface area contributed by atoms with Crippen LogP contribution in [0.25, 0.3) is 0 Å². The van der Waals surface area contributed by atoms with E-state index in [0.29, 0.717) is 37.4 Å². The summed E-state index contributed by atoms with van der Waals surface area (Å²) in [7, 11) is 0. The lowest BCUT2D eigenvalue weighted by molar-refractivity contribution is -0.136. The number of thiophene rings is 1. The van der Waals surface area contributed by atoms with Gasteiger partial charge in [0.05, 0.1) is 18.1 Å². The van der Waals surface area contributed by atoms with E-state index in [1.54, 1.807) is 35.6 Å². The number of halogens is 5. The SMILES string of the molecule is Cc1c(F)c(F)c(F)c(Cl)c1CN(CCCOc1cccc(CC(=O)O)c1)CC(C)c1ccsc1.Cl. The molecule has 10 heteroatoms. The molecule has 3 aromatic rings. The topological polar surface area (TPSA) is 49.8 Å². The van der Waals surface area contributed by atoms with Crippen molar-refractivity contribution in [1.29, 1.82) is 0 Å². The van der Waals surface area contributed by atoms with Crippen molar-refractivity contribution in [2.75, 3.05) is 19.7 Å². The van der Waals surface area contributed by atoms with Crippen LogP contribution >= 0.6 is 35.3 Å². The van der Waals surface area contributed by atoms with Crippen molar-refractivity contribution in [3.63, 3.8) is 0 Å². The fraction of sp³-hybridized carbons (Fsp3) is 0.346. The number of ether oxygens (including phenoxy) is 1. The van der Waals surface area contributed by atoms with E-state index in [1.807, 2.05) is 16.3 Å². The Balaban J connectivity index is 0.00000456. The van der Waals surface area contributed by atoms with E-state index in [-0.39, 0.29) is 42.4 Å². The summed E-state index contributed by atoms with van der Waals surface area (Å²) >= 11 is 7.67. The average molecular weight is 562 g/mol. The number of carbonyl (C=O) groups is 1. The Labute approximate surface area is 224 Å². The van der Waals surface area contributed by atoms with Crippen LogP contribution in [-0.2, 0) is 17.8 Å². The Hall–Kier alpha value is -2.26. The highest BCUT2D eigenvalue weighted by atomic mass is 35.5. The molecule has 1 atom stereocenters. The van der Waals surface area contributed by atoms with Crippen LogP contribution in [-0.4, -0.2) is 35.7 Å². The van der Waals surface area contributed by atoms with Gasteiger partial charge < -0.3 is 9.84 Å². The second kappa shape index (κ2) is 13.9. The van der Waals surface area contributed by atoms with Gasteiger partial charge in [-0.05, 0) is 70.5 Å². The fourth-order valence-electron chi connectivity index (χ4n) is 3.88. The van der Waals surface area contributed by atoms with Crippen molar-refractivity contribution in [3.05, 3.63) is 85.8 Å². The molecule has 1 heterocycles. The fourth-order valence-corrected chi connectivity index (χ4v) is 4.95. The first kappa shape index (κ1) is 30.0. The maximum absolute atomic E-state index is 14.2. The number of carboxylic acid groups (broad SMARTS) is 1. The van der Waals surface area contributed by atoms with Crippen LogP contribution in [0.3, 0.4) is 0 Å². The van der Waals surface area contributed by atoms with Crippen molar-refractivity contribution >= 4 is 41.3 Å². The van der Waals surface area contributed by atoms with E-state index in [9.17, 15) is 18.0 Å². The van der Waals surface area contributed by atoms with Gasteiger partial charge >= 0.3 is 5.97 Å². The van der Waals surface area contributed by atoms with Gasteiger partial charge in [0.15, 0.2) is 17.5 Å². The van der Waals surface area contributed by atoms with Crippen LogP contribution in [0.15, 0.2) is 41.1 Å². The molecule has 1 N–H and O–H groups in total. The summed E-state index contributed by atoms with van der Waals surface area (Å²) < 4.78 is 48.0. The minimum atomic E-state index is -1.56. The summed E-state index contributed by atoms with van der Waals surface area (Å²) in [5, 5.41) is 12.6. The van der Waals surface area contributed by atoms with E-state index in [4.69, 9.17) is 21.4 Å². The zero-order chi connectivity index (χ0) is 25.5. The number of carboxylic acids is 1. The number of benzene rings is 2. The van der Waals surface area contributed by atoms with E-state index < -0.39 is 28.4 Å². The van der Waals surface area contributed by atoms with Gasteiger partial charge in [-0.25, -0.2) is 13.2 Å². The summed E-state index contributed by atoms with van der Waals surface area (Å²) in [4.78, 5) is 12.9. The maximum Gasteiger partial charge on any atom is 0.307 e. The van der Waals surface area contributed by atoms with E-state index >= 15 is 0 Å². The molecule has 1 unspecified atom stereocenters. The smallest absolute Gasteiger partial charge is 0.307 e. The number of hydrogen-bond donors (Lipinski definition) is 1. The standard InChI is InChI=1S/C26H27ClF3NO3S.ClH/c1-16(19-7-10-35-15-19)13-31(14-21-17(2)24(28)26(30)25(29)23(21)27)8-4-9-34-20-6-3-5-18(11-20)12-22(32)33;/h3,5-7,10-11,15-16H,4,8-9,12-14H2,1-2H3,(H,32,33);1H. The van der Waals surface area contributed by atoms with E-state index in [1.165, 1.54) is 6.92 Å². The van der Waals surface area contributed by atoms with Gasteiger partial charge in [0, 0.05) is 19.6 Å². The molecule has 0 fully saturated rings. The minimum absolute atomic E-state index is 0.